The normalized spacial score (nSPS) is 34.8. The summed E-state index contributed by atoms with van der Waals surface area (Å²) in [6.45, 7) is 0. The van der Waals surface area contributed by atoms with Crippen molar-refractivity contribution >= 4 is 5.91 Å². The molecule has 1 amide bonds. The zero-order valence-corrected chi connectivity index (χ0v) is 9.17. The van der Waals surface area contributed by atoms with Crippen LogP contribution in [0.4, 0.5) is 0 Å². The Kier molecular flexibility index (Phi) is 2.50. The minimum Gasteiger partial charge on any atom is -0.373 e. The lowest BCUT2D eigenvalue weighted by atomic mass is 9.71. The van der Waals surface area contributed by atoms with Gasteiger partial charge in [-0.2, -0.15) is 5.06 Å². The summed E-state index contributed by atoms with van der Waals surface area (Å²) in [5.41, 5.74) is -4.66. The Bertz CT molecular complexity index is 506. The molecule has 1 fully saturated rings. The lowest BCUT2D eigenvalue weighted by Crippen LogP contribution is -2.84. The van der Waals surface area contributed by atoms with Gasteiger partial charge in [-0.15, -0.1) is 0 Å². The summed E-state index contributed by atoms with van der Waals surface area (Å²) in [4.78, 5) is 11.4. The zero-order chi connectivity index (χ0) is 14.9. The molecule has 2 aliphatic rings. The molecular weight excluding hydrogens is 266 g/mol. The molecule has 1 unspecified atom stereocenters. The first kappa shape index (κ1) is 14.0. The Morgan fingerprint density at radius 1 is 1.00 bits per heavy atom. The van der Waals surface area contributed by atoms with Gasteiger partial charge >= 0.3 is 11.7 Å². The summed E-state index contributed by atoms with van der Waals surface area (Å²) < 4.78 is 0. The van der Waals surface area contributed by atoms with Crippen LogP contribution in [0, 0.1) is 0 Å². The molecule has 1 aliphatic heterocycles. The van der Waals surface area contributed by atoms with Gasteiger partial charge in [-0.1, -0.05) is 6.08 Å². The number of carbonyl (C=O) groups is 1. The minimum absolute atomic E-state index is 0.484. The van der Waals surface area contributed by atoms with Crippen molar-refractivity contribution in [1.29, 1.82) is 0 Å². The molecule has 8 N–H and O–H groups in total. The maximum absolute atomic E-state index is 11.4. The maximum Gasteiger partial charge on any atom is 0.316 e. The predicted octanol–water partition coefficient (Wildman–Crippen LogP) is -4.55. The number of hydrogen-bond acceptors (Lipinski definition) is 9. The first-order valence-corrected chi connectivity index (χ1v) is 4.91. The quantitative estimate of drug-likeness (QED) is 0.159. The summed E-state index contributed by atoms with van der Waals surface area (Å²) in [6, 6.07) is 0. The molecule has 0 saturated carbocycles. The van der Waals surface area contributed by atoms with Crippen molar-refractivity contribution in [3.05, 3.63) is 23.9 Å². The van der Waals surface area contributed by atoms with Crippen molar-refractivity contribution in [2.75, 3.05) is 0 Å². The second-order valence-corrected chi connectivity index (χ2v) is 4.31. The van der Waals surface area contributed by atoms with E-state index in [1.54, 1.807) is 0 Å². The van der Waals surface area contributed by atoms with E-state index in [-0.39, 0.29) is 0 Å². The largest absolute Gasteiger partial charge is 0.373 e. The van der Waals surface area contributed by atoms with Gasteiger partial charge in [0.05, 0.1) is 5.70 Å². The topological polar surface area (TPSA) is 182 Å². The number of rotatable bonds is 0. The highest BCUT2D eigenvalue weighted by molar-refractivity contribution is 5.87. The van der Waals surface area contributed by atoms with Gasteiger partial charge < -0.3 is 35.7 Å². The van der Waals surface area contributed by atoms with Crippen molar-refractivity contribution in [3.8, 4) is 0 Å². The Balaban J connectivity index is 2.78. The number of aliphatic hydroxyl groups is 7. The number of fused-ring (bicyclic) bond motifs is 1. The molecule has 1 atom stereocenters. The van der Waals surface area contributed by atoms with Gasteiger partial charge in [0.2, 0.25) is 11.4 Å². The van der Waals surface area contributed by atoms with Crippen LogP contribution in [0.5, 0.6) is 0 Å². The summed E-state index contributed by atoms with van der Waals surface area (Å²) in [7, 11) is 0. The summed E-state index contributed by atoms with van der Waals surface area (Å²) >= 11 is 0. The average Bonchev–Trinajstić information content (AvgIpc) is 2.28. The standard InChI is InChI=1S/C9H11NO9/c11-5-8(15,16)9(17,18)7(14)4(10(5)19)2-1-3-6(7,12)13/h1-3,12-19H. The Morgan fingerprint density at radius 2 is 1.53 bits per heavy atom. The molecule has 1 heterocycles. The molecule has 0 spiro atoms. The monoisotopic (exact) mass is 277 g/mol. The Morgan fingerprint density at radius 3 is 2.05 bits per heavy atom. The van der Waals surface area contributed by atoms with Crippen LogP contribution in [0.15, 0.2) is 23.9 Å². The zero-order valence-electron chi connectivity index (χ0n) is 9.17. The summed E-state index contributed by atoms with van der Waals surface area (Å²) in [6.07, 6.45) is 2.12. The van der Waals surface area contributed by atoms with E-state index in [2.05, 4.69) is 0 Å². The highest BCUT2D eigenvalue weighted by Gasteiger charge is 2.79. The molecule has 0 radical (unpaired) electrons. The van der Waals surface area contributed by atoms with Crippen molar-refractivity contribution < 1.29 is 45.7 Å². The van der Waals surface area contributed by atoms with Crippen LogP contribution in [-0.4, -0.2) is 74.9 Å². The van der Waals surface area contributed by atoms with Gasteiger partial charge in [0.1, 0.15) is 0 Å². The fourth-order valence-electron chi connectivity index (χ4n) is 2.02. The van der Waals surface area contributed by atoms with Gasteiger partial charge in [0.15, 0.2) is 0 Å². The molecule has 1 saturated heterocycles. The second kappa shape index (κ2) is 3.39. The number of hydrogen-bond donors (Lipinski definition) is 8. The van der Waals surface area contributed by atoms with Gasteiger partial charge in [0, 0.05) is 0 Å². The number of piperidine rings is 1. The number of hydroxylamine groups is 2. The van der Waals surface area contributed by atoms with E-state index >= 15 is 0 Å². The summed E-state index contributed by atoms with van der Waals surface area (Å²) in [5, 5.41) is 76.1. The average molecular weight is 277 g/mol. The minimum atomic E-state index is -4.11. The highest BCUT2D eigenvalue weighted by atomic mass is 16.6. The van der Waals surface area contributed by atoms with Crippen LogP contribution < -0.4 is 0 Å². The van der Waals surface area contributed by atoms with E-state index in [4.69, 9.17) is 0 Å². The van der Waals surface area contributed by atoms with E-state index < -0.39 is 39.6 Å². The number of allylic oxidation sites excluding steroid dienone is 2. The first-order valence-electron chi connectivity index (χ1n) is 4.91. The van der Waals surface area contributed by atoms with Gasteiger partial charge in [-0.25, -0.2) is 0 Å². The molecule has 10 heteroatoms. The molecule has 106 valence electrons. The van der Waals surface area contributed by atoms with E-state index in [1.807, 2.05) is 0 Å². The molecule has 19 heavy (non-hydrogen) atoms. The van der Waals surface area contributed by atoms with Crippen LogP contribution in [-0.2, 0) is 4.79 Å². The van der Waals surface area contributed by atoms with Crippen LogP contribution in [0.3, 0.4) is 0 Å². The maximum atomic E-state index is 11.4. The molecule has 0 aromatic rings. The van der Waals surface area contributed by atoms with E-state index in [0.717, 1.165) is 12.2 Å². The van der Waals surface area contributed by atoms with E-state index in [9.17, 15) is 45.7 Å². The third kappa shape index (κ3) is 1.29. The lowest BCUT2D eigenvalue weighted by molar-refractivity contribution is -0.444. The number of nitrogens with zero attached hydrogens (tertiary/aromatic N) is 1. The Labute approximate surface area is 104 Å². The SMILES string of the molecule is O=C1N(O)C2=CC=CC(O)(O)C2(O)C(O)(O)C1(O)O. The van der Waals surface area contributed by atoms with Crippen LogP contribution in [0.2, 0.25) is 0 Å². The number of amides is 1. The molecule has 0 bridgehead atoms. The molecule has 0 aromatic heterocycles. The van der Waals surface area contributed by atoms with Crippen molar-refractivity contribution in [1.82, 2.24) is 5.06 Å². The van der Waals surface area contributed by atoms with Crippen molar-refractivity contribution in [3.63, 3.8) is 0 Å². The fraction of sp³-hybridized carbons (Fsp3) is 0.444. The van der Waals surface area contributed by atoms with Gasteiger partial charge in [0.25, 0.3) is 5.79 Å². The molecule has 1 aliphatic carbocycles. The molecule has 2 rings (SSSR count). The second-order valence-electron chi connectivity index (χ2n) is 4.31. The number of carbonyl (C=O) groups excluding carboxylic acids is 1. The molecular formula is C9H11NO9. The van der Waals surface area contributed by atoms with Crippen LogP contribution >= 0.6 is 0 Å². The highest BCUT2D eigenvalue weighted by Crippen LogP contribution is 2.48. The van der Waals surface area contributed by atoms with E-state index in [1.165, 1.54) is 0 Å². The lowest BCUT2D eigenvalue weighted by Gasteiger charge is -2.55. The third-order valence-corrected chi connectivity index (χ3v) is 3.20. The third-order valence-electron chi connectivity index (χ3n) is 3.20. The van der Waals surface area contributed by atoms with Crippen molar-refractivity contribution in [2.24, 2.45) is 0 Å². The molecule has 0 aromatic carbocycles. The van der Waals surface area contributed by atoms with Crippen LogP contribution in [0.1, 0.15) is 0 Å². The van der Waals surface area contributed by atoms with Crippen LogP contribution in [0.25, 0.3) is 0 Å². The van der Waals surface area contributed by atoms with E-state index in [0.29, 0.717) is 6.08 Å². The molecule has 10 nitrogen and oxygen atoms in total. The first-order chi connectivity index (χ1) is 8.41. The smallest absolute Gasteiger partial charge is 0.316 e. The van der Waals surface area contributed by atoms with Gasteiger partial charge in [-0.3, -0.25) is 10.0 Å². The van der Waals surface area contributed by atoms with Crippen molar-refractivity contribution in [2.45, 2.75) is 23.0 Å². The van der Waals surface area contributed by atoms with Gasteiger partial charge in [-0.05, 0) is 12.2 Å². The summed E-state index contributed by atoms with van der Waals surface area (Å²) in [5.74, 6) is -13.6. The fourth-order valence-corrected chi connectivity index (χ4v) is 2.02. The Hall–Kier alpha value is -1.37. The predicted molar refractivity (Wildman–Crippen MR) is 52.3 cm³/mol.